The molecule has 0 unspecified atom stereocenters. The molecule has 0 saturated carbocycles. The van der Waals surface area contributed by atoms with Gasteiger partial charge in [0.15, 0.2) is 11.6 Å². The Kier molecular flexibility index (Phi) is 4.88. The third kappa shape index (κ3) is 3.12. The largest absolute Gasteiger partial charge is 0.312 e. The maximum Gasteiger partial charge on any atom is 0.160 e. The molecule has 0 amide bonds. The molecule has 1 aromatic carbocycles. The second-order valence-electron chi connectivity index (χ2n) is 4.69. The van der Waals surface area contributed by atoms with E-state index in [0.29, 0.717) is 0 Å². The average Bonchev–Trinajstić information content (AvgIpc) is 2.69. The van der Waals surface area contributed by atoms with Crippen LogP contribution in [-0.4, -0.2) is 6.54 Å². The van der Waals surface area contributed by atoms with Gasteiger partial charge in [-0.2, -0.15) is 0 Å². The fourth-order valence-electron chi connectivity index (χ4n) is 2.24. The monoisotopic (exact) mass is 283 g/mol. The smallest absolute Gasteiger partial charge is 0.160 e. The molecule has 4 heteroatoms. The van der Waals surface area contributed by atoms with E-state index in [-0.39, 0.29) is 0 Å². The minimum atomic E-state index is -0.759. The average molecular weight is 283 g/mol. The Morgan fingerprint density at radius 2 is 1.84 bits per heavy atom. The summed E-state index contributed by atoms with van der Waals surface area (Å²) in [5.41, 5.74) is 1.17. The van der Waals surface area contributed by atoms with Gasteiger partial charge in [0.1, 0.15) is 0 Å². The summed E-state index contributed by atoms with van der Waals surface area (Å²) in [6, 6.07) is 2.66. The van der Waals surface area contributed by atoms with Gasteiger partial charge in [0.05, 0.1) is 0 Å². The van der Waals surface area contributed by atoms with Crippen LogP contribution in [0.1, 0.15) is 37.1 Å². The second-order valence-corrected chi connectivity index (χ2v) is 5.83. The van der Waals surface area contributed by atoms with Gasteiger partial charge in [-0.1, -0.05) is 20.3 Å². The van der Waals surface area contributed by atoms with Crippen molar-refractivity contribution in [1.29, 1.82) is 0 Å². The van der Waals surface area contributed by atoms with Crippen molar-refractivity contribution >= 4 is 21.4 Å². The normalized spacial score (nSPS) is 11.4. The molecule has 0 spiro atoms. The van der Waals surface area contributed by atoms with Crippen molar-refractivity contribution in [3.63, 3.8) is 0 Å². The van der Waals surface area contributed by atoms with Gasteiger partial charge in [-0.15, -0.1) is 11.3 Å². The van der Waals surface area contributed by atoms with Crippen molar-refractivity contribution in [3.8, 4) is 0 Å². The number of hydrogen-bond acceptors (Lipinski definition) is 2. The summed E-state index contributed by atoms with van der Waals surface area (Å²) >= 11 is 1.57. The lowest BCUT2D eigenvalue weighted by Gasteiger charge is -2.04. The first-order chi connectivity index (χ1) is 9.17. The third-order valence-corrected chi connectivity index (χ3v) is 4.32. The van der Waals surface area contributed by atoms with Gasteiger partial charge in [-0.25, -0.2) is 8.78 Å². The number of rotatable bonds is 6. The number of benzene rings is 1. The Labute approximate surface area is 116 Å². The van der Waals surface area contributed by atoms with E-state index in [1.165, 1.54) is 22.6 Å². The van der Waals surface area contributed by atoms with Crippen LogP contribution in [0.15, 0.2) is 12.1 Å². The minimum absolute atomic E-state index is 0.754. The number of hydrogen-bond donors (Lipinski definition) is 1. The fraction of sp³-hybridized carbons (Fsp3) is 0.467. The van der Waals surface area contributed by atoms with Crippen LogP contribution in [0.25, 0.3) is 10.1 Å². The van der Waals surface area contributed by atoms with Gasteiger partial charge in [0.25, 0.3) is 0 Å². The van der Waals surface area contributed by atoms with Crippen LogP contribution in [0, 0.1) is 11.6 Å². The van der Waals surface area contributed by atoms with Crippen LogP contribution in [0.5, 0.6) is 0 Å². The lowest BCUT2D eigenvalue weighted by Crippen LogP contribution is -2.13. The van der Waals surface area contributed by atoms with Crippen molar-refractivity contribution in [2.75, 3.05) is 6.54 Å². The summed E-state index contributed by atoms with van der Waals surface area (Å²) in [5, 5.41) is 4.24. The van der Waals surface area contributed by atoms with E-state index in [9.17, 15) is 8.78 Å². The molecule has 1 aromatic heterocycles. The molecule has 0 aliphatic heterocycles. The molecule has 1 nitrogen and oxygen atoms in total. The fourth-order valence-corrected chi connectivity index (χ4v) is 3.47. The predicted molar refractivity (Wildman–Crippen MR) is 77.7 cm³/mol. The first-order valence-corrected chi connectivity index (χ1v) is 7.59. The van der Waals surface area contributed by atoms with Gasteiger partial charge in [-0.3, -0.25) is 0 Å². The highest BCUT2D eigenvalue weighted by Gasteiger charge is 2.14. The zero-order chi connectivity index (χ0) is 13.8. The highest BCUT2D eigenvalue weighted by molar-refractivity contribution is 7.19. The molecule has 1 N–H and O–H groups in total. The molecule has 2 aromatic rings. The topological polar surface area (TPSA) is 12.0 Å². The second kappa shape index (κ2) is 6.44. The number of aryl methyl sites for hydroxylation is 1. The molecule has 0 atom stereocenters. The van der Waals surface area contributed by atoms with Crippen molar-refractivity contribution in [1.82, 2.24) is 5.32 Å². The Hall–Kier alpha value is -1.00. The first-order valence-electron chi connectivity index (χ1n) is 6.77. The van der Waals surface area contributed by atoms with Crippen LogP contribution < -0.4 is 5.32 Å². The number of fused-ring (bicyclic) bond motifs is 1. The van der Waals surface area contributed by atoms with Crippen LogP contribution in [0.4, 0.5) is 8.78 Å². The van der Waals surface area contributed by atoms with Gasteiger partial charge in [-0.05, 0) is 42.5 Å². The van der Waals surface area contributed by atoms with Crippen LogP contribution >= 0.6 is 11.3 Å². The zero-order valence-corrected chi connectivity index (χ0v) is 12.2. The molecular formula is C15H19F2NS. The van der Waals surface area contributed by atoms with Gasteiger partial charge < -0.3 is 5.32 Å². The molecule has 2 rings (SSSR count). The van der Waals surface area contributed by atoms with E-state index < -0.39 is 11.6 Å². The predicted octanol–water partition coefficient (Wildman–Crippen LogP) is 4.63. The third-order valence-electron chi connectivity index (χ3n) is 3.13. The molecule has 19 heavy (non-hydrogen) atoms. The van der Waals surface area contributed by atoms with Gasteiger partial charge >= 0.3 is 0 Å². The summed E-state index contributed by atoms with van der Waals surface area (Å²) in [7, 11) is 0. The summed E-state index contributed by atoms with van der Waals surface area (Å²) in [6.45, 7) is 5.97. The molecule has 104 valence electrons. The molecule has 0 bridgehead atoms. The minimum Gasteiger partial charge on any atom is -0.312 e. The molecule has 0 saturated heterocycles. The molecule has 0 aliphatic carbocycles. The van der Waals surface area contributed by atoms with Crippen molar-refractivity contribution in [2.24, 2.45) is 0 Å². The van der Waals surface area contributed by atoms with Crippen molar-refractivity contribution < 1.29 is 8.78 Å². The summed E-state index contributed by atoms with van der Waals surface area (Å²) in [4.78, 5) is 1.20. The van der Waals surface area contributed by atoms with E-state index in [2.05, 4.69) is 19.2 Å². The standard InChI is InChI=1S/C15H19F2NS/c1-3-5-10-11-7-12(16)13(17)8-14(11)19-15(10)9-18-6-4-2/h7-8,18H,3-6,9H2,1-2H3. The Morgan fingerprint density at radius 1 is 1.11 bits per heavy atom. The van der Waals surface area contributed by atoms with Crippen molar-refractivity contribution in [3.05, 3.63) is 34.2 Å². The lowest BCUT2D eigenvalue weighted by molar-refractivity contribution is 0.511. The molecule has 0 radical (unpaired) electrons. The highest BCUT2D eigenvalue weighted by atomic mass is 32.1. The summed E-state index contributed by atoms with van der Waals surface area (Å²) in [5.74, 6) is -1.51. The van der Waals surface area contributed by atoms with E-state index in [1.54, 1.807) is 11.3 Å². The first kappa shape index (κ1) is 14.4. The number of thiophene rings is 1. The molecule has 1 heterocycles. The summed E-state index contributed by atoms with van der Waals surface area (Å²) < 4.78 is 27.5. The zero-order valence-electron chi connectivity index (χ0n) is 11.4. The lowest BCUT2D eigenvalue weighted by atomic mass is 10.1. The van der Waals surface area contributed by atoms with Gasteiger partial charge in [0, 0.05) is 16.1 Å². The van der Waals surface area contributed by atoms with E-state index in [4.69, 9.17) is 0 Å². The Morgan fingerprint density at radius 3 is 2.53 bits per heavy atom. The van der Waals surface area contributed by atoms with E-state index in [1.807, 2.05) is 0 Å². The number of halogens is 2. The van der Waals surface area contributed by atoms with Crippen LogP contribution in [0.3, 0.4) is 0 Å². The van der Waals surface area contributed by atoms with Crippen LogP contribution in [0.2, 0.25) is 0 Å². The Balaban J connectivity index is 2.41. The van der Waals surface area contributed by atoms with Crippen molar-refractivity contribution in [2.45, 2.75) is 39.7 Å². The molecule has 0 aliphatic rings. The maximum absolute atomic E-state index is 13.4. The van der Waals surface area contributed by atoms with E-state index in [0.717, 1.165) is 42.4 Å². The molecular weight excluding hydrogens is 264 g/mol. The maximum atomic E-state index is 13.4. The Bertz CT molecular complexity index is 563. The SMILES string of the molecule is CCCNCc1sc2cc(F)c(F)cc2c1CCC. The highest BCUT2D eigenvalue weighted by Crippen LogP contribution is 2.33. The molecule has 0 fully saturated rings. The summed E-state index contributed by atoms with van der Waals surface area (Å²) in [6.07, 6.45) is 3.00. The van der Waals surface area contributed by atoms with Gasteiger partial charge in [0.2, 0.25) is 0 Å². The van der Waals surface area contributed by atoms with Crippen LogP contribution in [-0.2, 0) is 13.0 Å². The quantitative estimate of drug-likeness (QED) is 0.762. The van der Waals surface area contributed by atoms with E-state index >= 15 is 0 Å². The number of nitrogens with one attached hydrogen (secondary N) is 1.